The van der Waals surface area contributed by atoms with Crippen LogP contribution in [0.3, 0.4) is 0 Å². The summed E-state index contributed by atoms with van der Waals surface area (Å²) in [6.07, 6.45) is 3.66. The molecule has 0 radical (unpaired) electrons. The van der Waals surface area contributed by atoms with Crippen molar-refractivity contribution >= 4 is 7.59 Å². The molecule has 0 bridgehead atoms. The van der Waals surface area contributed by atoms with E-state index in [1.54, 1.807) is 0 Å². The Morgan fingerprint density at radius 3 is 1.56 bits per heavy atom. The van der Waals surface area contributed by atoms with E-state index in [9.17, 15) is 4.57 Å². The van der Waals surface area contributed by atoms with Gasteiger partial charge in [0.2, 0.25) is 0 Å². The van der Waals surface area contributed by atoms with Crippen molar-refractivity contribution in [2.24, 2.45) is 0 Å². The molecular formula is C13H30N3OP. The van der Waals surface area contributed by atoms with Gasteiger partial charge in [-0.25, -0.2) is 14.0 Å². The topological polar surface area (TPSA) is 26.8 Å². The monoisotopic (exact) mass is 275 g/mol. The van der Waals surface area contributed by atoms with E-state index in [0.717, 1.165) is 39.3 Å². The van der Waals surface area contributed by atoms with Gasteiger partial charge in [0.25, 0.3) is 7.59 Å². The zero-order chi connectivity index (χ0) is 13.6. The third kappa shape index (κ3) is 3.16. The Labute approximate surface area is 113 Å². The van der Waals surface area contributed by atoms with Gasteiger partial charge in [-0.15, -0.1) is 0 Å². The van der Waals surface area contributed by atoms with E-state index < -0.39 is 7.59 Å². The van der Waals surface area contributed by atoms with Crippen LogP contribution < -0.4 is 0 Å². The zero-order valence-corrected chi connectivity index (χ0v) is 13.5. The maximum atomic E-state index is 13.7. The van der Waals surface area contributed by atoms with Crippen molar-refractivity contribution in [1.82, 2.24) is 14.0 Å². The molecule has 0 spiro atoms. The molecule has 1 aliphatic rings. The van der Waals surface area contributed by atoms with Crippen LogP contribution in [-0.4, -0.2) is 53.3 Å². The van der Waals surface area contributed by atoms with Crippen LogP contribution in [0.15, 0.2) is 0 Å². The number of hydrogen-bond acceptors (Lipinski definition) is 1. The summed E-state index contributed by atoms with van der Waals surface area (Å²) in [5.41, 5.74) is 0. The molecule has 108 valence electrons. The van der Waals surface area contributed by atoms with E-state index in [1.165, 1.54) is 19.3 Å². The van der Waals surface area contributed by atoms with Crippen LogP contribution in [0.1, 0.15) is 47.0 Å². The molecule has 0 aromatic rings. The maximum Gasteiger partial charge on any atom is 0.286 e. The number of hydrogen-bond donors (Lipinski definition) is 0. The van der Waals surface area contributed by atoms with Gasteiger partial charge in [0.1, 0.15) is 0 Å². The molecule has 0 atom stereocenters. The van der Waals surface area contributed by atoms with E-state index in [1.807, 2.05) is 0 Å². The molecule has 0 unspecified atom stereocenters. The lowest BCUT2D eigenvalue weighted by Crippen LogP contribution is -2.42. The largest absolute Gasteiger partial charge is 0.286 e. The smallest absolute Gasteiger partial charge is 0.270 e. The normalized spacial score (nSPS) is 18.8. The third-order valence-corrected chi connectivity index (χ3v) is 7.64. The van der Waals surface area contributed by atoms with E-state index in [2.05, 4.69) is 41.7 Å². The van der Waals surface area contributed by atoms with Crippen molar-refractivity contribution in [3.63, 3.8) is 0 Å². The molecule has 18 heavy (non-hydrogen) atoms. The second-order valence-electron chi connectivity index (χ2n) is 4.81. The second kappa shape index (κ2) is 7.64. The minimum atomic E-state index is -2.52. The maximum absolute atomic E-state index is 13.7. The Hall–Kier alpha value is 0.110. The average molecular weight is 275 g/mol. The fourth-order valence-corrected chi connectivity index (χ4v) is 6.21. The molecule has 0 aromatic heterocycles. The summed E-state index contributed by atoms with van der Waals surface area (Å²) in [5.74, 6) is 0. The van der Waals surface area contributed by atoms with Crippen LogP contribution in [0, 0.1) is 0 Å². The first-order chi connectivity index (χ1) is 8.64. The molecule has 0 aromatic carbocycles. The molecule has 1 fully saturated rings. The van der Waals surface area contributed by atoms with Crippen LogP contribution in [0.2, 0.25) is 0 Å². The van der Waals surface area contributed by atoms with Gasteiger partial charge < -0.3 is 0 Å². The Kier molecular flexibility index (Phi) is 6.86. The highest BCUT2D eigenvalue weighted by molar-refractivity contribution is 7.56. The number of piperidine rings is 1. The fraction of sp³-hybridized carbons (Fsp3) is 1.00. The summed E-state index contributed by atoms with van der Waals surface area (Å²) in [5, 5.41) is 0. The van der Waals surface area contributed by atoms with Gasteiger partial charge in [0.15, 0.2) is 0 Å². The molecule has 5 heteroatoms. The van der Waals surface area contributed by atoms with Crippen LogP contribution in [0.4, 0.5) is 0 Å². The Morgan fingerprint density at radius 1 is 0.833 bits per heavy atom. The highest BCUT2D eigenvalue weighted by Gasteiger charge is 2.40. The van der Waals surface area contributed by atoms with Gasteiger partial charge in [-0.05, 0) is 12.8 Å². The molecule has 0 saturated carbocycles. The summed E-state index contributed by atoms with van der Waals surface area (Å²) in [6.45, 7) is 13.9. The standard InChI is InChI=1S/C13H30N3OP/c1-5-14(6-2)18(17,15(7-3)8-4)16-12-10-9-11-13-16/h5-13H2,1-4H3. The molecule has 1 rings (SSSR count). The molecule has 0 amide bonds. The van der Waals surface area contributed by atoms with E-state index >= 15 is 0 Å². The van der Waals surface area contributed by atoms with Crippen LogP contribution >= 0.6 is 7.59 Å². The molecule has 1 aliphatic heterocycles. The highest BCUT2D eigenvalue weighted by Crippen LogP contribution is 2.56. The first-order valence-corrected chi connectivity index (χ1v) is 9.07. The van der Waals surface area contributed by atoms with Crippen molar-refractivity contribution in [2.75, 3.05) is 39.3 Å². The van der Waals surface area contributed by atoms with Crippen LogP contribution in [0.5, 0.6) is 0 Å². The van der Waals surface area contributed by atoms with Crippen molar-refractivity contribution < 1.29 is 4.57 Å². The van der Waals surface area contributed by atoms with E-state index in [4.69, 9.17) is 0 Å². The Balaban J connectivity index is 3.01. The quantitative estimate of drug-likeness (QED) is 0.666. The average Bonchev–Trinajstić information content (AvgIpc) is 2.42. The second-order valence-corrected chi connectivity index (χ2v) is 7.53. The predicted molar refractivity (Wildman–Crippen MR) is 78.9 cm³/mol. The number of rotatable bonds is 7. The Bertz CT molecular complexity index is 255. The first kappa shape index (κ1) is 16.2. The summed E-state index contributed by atoms with van der Waals surface area (Å²) >= 11 is 0. The lowest BCUT2D eigenvalue weighted by atomic mass is 10.2. The lowest BCUT2D eigenvalue weighted by molar-refractivity contribution is 0.256. The molecule has 0 aliphatic carbocycles. The lowest BCUT2D eigenvalue weighted by Gasteiger charge is -2.45. The zero-order valence-electron chi connectivity index (χ0n) is 12.6. The van der Waals surface area contributed by atoms with Crippen molar-refractivity contribution in [3.05, 3.63) is 0 Å². The highest BCUT2D eigenvalue weighted by atomic mass is 31.2. The van der Waals surface area contributed by atoms with Crippen LogP contribution in [-0.2, 0) is 4.57 Å². The predicted octanol–water partition coefficient (Wildman–Crippen LogP) is 3.26. The molecular weight excluding hydrogens is 245 g/mol. The summed E-state index contributed by atoms with van der Waals surface area (Å²) in [7, 11) is -2.52. The van der Waals surface area contributed by atoms with Gasteiger partial charge in [-0.1, -0.05) is 34.1 Å². The molecule has 1 heterocycles. The van der Waals surface area contributed by atoms with E-state index in [0.29, 0.717) is 0 Å². The minimum Gasteiger partial charge on any atom is -0.270 e. The summed E-state index contributed by atoms with van der Waals surface area (Å²) < 4.78 is 20.3. The van der Waals surface area contributed by atoms with Gasteiger partial charge in [-0.2, -0.15) is 0 Å². The number of nitrogens with zero attached hydrogens (tertiary/aromatic N) is 3. The Morgan fingerprint density at radius 2 is 1.22 bits per heavy atom. The van der Waals surface area contributed by atoms with Crippen LogP contribution in [0.25, 0.3) is 0 Å². The summed E-state index contributed by atoms with van der Waals surface area (Å²) in [6, 6.07) is 0. The molecule has 4 nitrogen and oxygen atoms in total. The first-order valence-electron chi connectivity index (χ1n) is 7.51. The molecule has 0 N–H and O–H groups in total. The SMILES string of the molecule is CCN(CC)P(=O)(N(CC)CC)N1CCCCC1. The van der Waals surface area contributed by atoms with E-state index in [-0.39, 0.29) is 0 Å². The van der Waals surface area contributed by atoms with Crippen molar-refractivity contribution in [1.29, 1.82) is 0 Å². The summed E-state index contributed by atoms with van der Waals surface area (Å²) in [4.78, 5) is 0. The van der Waals surface area contributed by atoms with Gasteiger partial charge in [-0.3, -0.25) is 4.57 Å². The van der Waals surface area contributed by atoms with Gasteiger partial charge in [0, 0.05) is 39.3 Å². The van der Waals surface area contributed by atoms with Crippen molar-refractivity contribution in [2.45, 2.75) is 47.0 Å². The van der Waals surface area contributed by atoms with Gasteiger partial charge >= 0.3 is 0 Å². The van der Waals surface area contributed by atoms with Crippen molar-refractivity contribution in [3.8, 4) is 0 Å². The minimum absolute atomic E-state index is 0.862. The van der Waals surface area contributed by atoms with Gasteiger partial charge in [0.05, 0.1) is 0 Å². The third-order valence-electron chi connectivity index (χ3n) is 3.90. The molecule has 1 saturated heterocycles. The fourth-order valence-electron chi connectivity index (χ4n) is 2.86.